The Morgan fingerprint density at radius 1 is 1.14 bits per heavy atom. The number of carbonyl (C=O) groups is 2. The van der Waals surface area contributed by atoms with Crippen molar-refractivity contribution in [3.05, 3.63) is 29.3 Å². The summed E-state index contributed by atoms with van der Waals surface area (Å²) in [6, 6.07) is 3.15. The molecule has 1 atom stereocenters. The van der Waals surface area contributed by atoms with Crippen molar-refractivity contribution in [2.75, 3.05) is 0 Å². The van der Waals surface area contributed by atoms with Crippen LogP contribution in [0.4, 0.5) is 0 Å². The number of nitrogens with one attached hydrogen (secondary N) is 1. The molecule has 0 aliphatic heterocycles. The molecule has 1 rings (SSSR count). The van der Waals surface area contributed by atoms with Crippen LogP contribution in [0.5, 0.6) is 0 Å². The predicted molar refractivity (Wildman–Crippen MR) is 74.5 cm³/mol. The van der Waals surface area contributed by atoms with Crippen molar-refractivity contribution in [2.24, 2.45) is 0 Å². The lowest BCUT2D eigenvalue weighted by Gasteiger charge is -2.14. The Hall–Kier alpha value is -1.93. The first-order valence-electron chi connectivity index (χ1n) is 6.17. The first-order valence-corrected chi connectivity index (χ1v) is 7.65. The molecule has 0 aliphatic carbocycles. The second kappa shape index (κ2) is 6.68. The Kier molecular flexibility index (Phi) is 5.45. The molecule has 7 nitrogen and oxygen atoms in total. The van der Waals surface area contributed by atoms with Gasteiger partial charge < -0.3 is 10.2 Å². The van der Waals surface area contributed by atoms with Crippen molar-refractivity contribution < 1.29 is 28.2 Å². The van der Waals surface area contributed by atoms with Gasteiger partial charge in [0.25, 0.3) is 0 Å². The lowest BCUT2D eigenvalue weighted by molar-refractivity contribution is -0.140. The van der Waals surface area contributed by atoms with Gasteiger partial charge in [0.1, 0.15) is 6.04 Å². The number of hydrogen-bond donors (Lipinski definition) is 3. The number of benzene rings is 1. The van der Waals surface area contributed by atoms with Gasteiger partial charge >= 0.3 is 11.9 Å². The van der Waals surface area contributed by atoms with Gasteiger partial charge in [-0.15, -0.1) is 0 Å². The van der Waals surface area contributed by atoms with Gasteiger partial charge in [-0.25, -0.2) is 8.42 Å². The van der Waals surface area contributed by atoms with E-state index in [0.717, 1.165) is 11.1 Å². The van der Waals surface area contributed by atoms with E-state index in [1.165, 1.54) is 12.1 Å². The summed E-state index contributed by atoms with van der Waals surface area (Å²) >= 11 is 0. The summed E-state index contributed by atoms with van der Waals surface area (Å²) < 4.78 is 26.4. The monoisotopic (exact) mass is 315 g/mol. The minimum atomic E-state index is -4.02. The first-order chi connectivity index (χ1) is 9.61. The Morgan fingerprint density at radius 2 is 1.67 bits per heavy atom. The SMILES string of the molecule is Cc1cc(C)cc(S(=O)(=O)N[C@@H](CCC(=O)O)C(=O)O)c1. The third-order valence-corrected chi connectivity index (χ3v) is 4.20. The molecule has 0 fully saturated rings. The van der Waals surface area contributed by atoms with Gasteiger partial charge in [0.15, 0.2) is 0 Å². The minimum Gasteiger partial charge on any atom is -0.481 e. The summed E-state index contributed by atoms with van der Waals surface area (Å²) in [5.41, 5.74) is 1.46. The lowest BCUT2D eigenvalue weighted by atomic mass is 10.2. The highest BCUT2D eigenvalue weighted by Gasteiger charge is 2.26. The van der Waals surface area contributed by atoms with Crippen LogP contribution in [-0.2, 0) is 19.6 Å². The zero-order valence-corrected chi connectivity index (χ0v) is 12.5. The molecule has 0 spiro atoms. The molecule has 0 unspecified atom stereocenters. The molecule has 1 aromatic carbocycles. The zero-order chi connectivity index (χ0) is 16.2. The molecule has 3 N–H and O–H groups in total. The van der Waals surface area contributed by atoms with Crippen LogP contribution in [0.1, 0.15) is 24.0 Å². The fourth-order valence-corrected chi connectivity index (χ4v) is 3.26. The van der Waals surface area contributed by atoms with E-state index in [2.05, 4.69) is 0 Å². The van der Waals surface area contributed by atoms with Crippen LogP contribution in [0.3, 0.4) is 0 Å². The molecule has 116 valence electrons. The smallest absolute Gasteiger partial charge is 0.321 e. The highest BCUT2D eigenvalue weighted by atomic mass is 32.2. The van der Waals surface area contributed by atoms with Crippen LogP contribution in [0.25, 0.3) is 0 Å². The molecule has 0 bridgehead atoms. The normalized spacial score (nSPS) is 12.9. The van der Waals surface area contributed by atoms with E-state index in [9.17, 15) is 18.0 Å². The second-order valence-corrected chi connectivity index (χ2v) is 6.48. The Labute approximate surface area is 122 Å². The molecule has 21 heavy (non-hydrogen) atoms. The average molecular weight is 315 g/mol. The van der Waals surface area contributed by atoms with E-state index >= 15 is 0 Å². The van der Waals surface area contributed by atoms with Crippen molar-refractivity contribution in [3.63, 3.8) is 0 Å². The minimum absolute atomic E-state index is 0.0402. The van der Waals surface area contributed by atoms with Crippen molar-refractivity contribution in [1.82, 2.24) is 4.72 Å². The van der Waals surface area contributed by atoms with E-state index in [1.807, 2.05) is 4.72 Å². The zero-order valence-electron chi connectivity index (χ0n) is 11.7. The van der Waals surface area contributed by atoms with Crippen molar-refractivity contribution in [1.29, 1.82) is 0 Å². The molecule has 0 heterocycles. The molecular formula is C13H17NO6S. The maximum absolute atomic E-state index is 12.2. The van der Waals surface area contributed by atoms with Gasteiger partial charge in [-0.2, -0.15) is 4.72 Å². The van der Waals surface area contributed by atoms with Crippen LogP contribution >= 0.6 is 0 Å². The largest absolute Gasteiger partial charge is 0.481 e. The Balaban J connectivity index is 3.00. The standard InChI is InChI=1S/C13H17NO6S/c1-8-5-9(2)7-10(6-8)21(19,20)14-11(13(17)18)3-4-12(15)16/h5-7,11,14H,3-4H2,1-2H3,(H,15,16)(H,17,18)/t11-/m0/s1. The average Bonchev–Trinajstić information content (AvgIpc) is 2.32. The Morgan fingerprint density at radius 3 is 2.10 bits per heavy atom. The van der Waals surface area contributed by atoms with Gasteiger partial charge in [0.05, 0.1) is 4.90 Å². The lowest BCUT2D eigenvalue weighted by Crippen LogP contribution is -2.41. The van der Waals surface area contributed by atoms with Crippen LogP contribution in [0.15, 0.2) is 23.1 Å². The molecule has 0 saturated heterocycles. The highest BCUT2D eigenvalue weighted by Crippen LogP contribution is 2.15. The Bertz CT molecular complexity index is 632. The topological polar surface area (TPSA) is 121 Å². The number of sulfonamides is 1. The van der Waals surface area contributed by atoms with Crippen LogP contribution in [0.2, 0.25) is 0 Å². The van der Waals surface area contributed by atoms with Crippen LogP contribution in [-0.4, -0.2) is 36.6 Å². The molecular weight excluding hydrogens is 298 g/mol. The number of aryl methyl sites for hydroxylation is 2. The number of aliphatic carboxylic acids is 2. The third-order valence-electron chi connectivity index (χ3n) is 2.75. The molecule has 0 radical (unpaired) electrons. The van der Waals surface area contributed by atoms with Gasteiger partial charge in [-0.3, -0.25) is 9.59 Å². The third kappa shape index (κ3) is 5.16. The first kappa shape index (κ1) is 17.1. The number of carboxylic acid groups (broad SMARTS) is 2. The number of rotatable bonds is 7. The van der Waals surface area contributed by atoms with Gasteiger partial charge in [0.2, 0.25) is 10.0 Å². The molecule has 0 aliphatic rings. The van der Waals surface area contributed by atoms with Crippen LogP contribution in [0, 0.1) is 13.8 Å². The molecule has 0 amide bonds. The van der Waals surface area contributed by atoms with E-state index < -0.39 is 34.4 Å². The summed E-state index contributed by atoms with van der Waals surface area (Å²) in [4.78, 5) is 21.5. The fourth-order valence-electron chi connectivity index (χ4n) is 1.84. The summed E-state index contributed by atoms with van der Waals surface area (Å²) in [5.74, 6) is -2.60. The van der Waals surface area contributed by atoms with E-state index in [0.29, 0.717) is 0 Å². The number of carboxylic acids is 2. The highest BCUT2D eigenvalue weighted by molar-refractivity contribution is 7.89. The maximum atomic E-state index is 12.2. The molecule has 1 aromatic rings. The second-order valence-electron chi connectivity index (χ2n) is 4.77. The molecule has 0 saturated carbocycles. The van der Waals surface area contributed by atoms with Crippen LogP contribution < -0.4 is 4.72 Å². The predicted octanol–water partition coefficient (Wildman–Crippen LogP) is 0.900. The molecule has 0 aromatic heterocycles. The van der Waals surface area contributed by atoms with E-state index in [1.54, 1.807) is 19.9 Å². The van der Waals surface area contributed by atoms with Gasteiger partial charge in [0, 0.05) is 6.42 Å². The summed E-state index contributed by atoms with van der Waals surface area (Å²) in [6.45, 7) is 3.45. The van der Waals surface area contributed by atoms with Crippen molar-refractivity contribution >= 4 is 22.0 Å². The van der Waals surface area contributed by atoms with E-state index in [-0.39, 0.29) is 11.3 Å². The summed E-state index contributed by atoms with van der Waals surface area (Å²) in [7, 11) is -4.02. The fraction of sp³-hybridized carbons (Fsp3) is 0.385. The van der Waals surface area contributed by atoms with E-state index in [4.69, 9.17) is 10.2 Å². The summed E-state index contributed by atoms with van der Waals surface area (Å²) in [6.07, 6.45) is -0.763. The quantitative estimate of drug-likeness (QED) is 0.687. The van der Waals surface area contributed by atoms with Gasteiger partial charge in [-0.05, 0) is 43.5 Å². The van der Waals surface area contributed by atoms with Crippen molar-refractivity contribution in [3.8, 4) is 0 Å². The van der Waals surface area contributed by atoms with Crippen molar-refractivity contribution in [2.45, 2.75) is 37.6 Å². The summed E-state index contributed by atoms with van der Waals surface area (Å²) in [5, 5.41) is 17.5. The molecule has 8 heteroatoms. The van der Waals surface area contributed by atoms with Gasteiger partial charge in [-0.1, -0.05) is 6.07 Å². The maximum Gasteiger partial charge on any atom is 0.321 e. The number of hydrogen-bond acceptors (Lipinski definition) is 4.